The molecule has 0 aliphatic rings. The number of rotatable bonds is 6. The summed E-state index contributed by atoms with van der Waals surface area (Å²) in [4.78, 5) is 14.8. The van der Waals surface area contributed by atoms with E-state index in [0.717, 1.165) is 41.7 Å². The first-order valence-electron chi connectivity index (χ1n) is 8.91. The third kappa shape index (κ3) is 11.4. The molecule has 6 nitrogen and oxygen atoms in total. The van der Waals surface area contributed by atoms with Crippen LogP contribution in [-0.4, -0.2) is 41.1 Å². The Hall–Kier alpha value is -1.77. The minimum absolute atomic E-state index is 0.639. The summed E-state index contributed by atoms with van der Waals surface area (Å²) in [5.74, 6) is 1.70. The fraction of sp³-hybridized carbons (Fsp3) is 0.286. The van der Waals surface area contributed by atoms with Crippen molar-refractivity contribution in [2.45, 2.75) is 20.0 Å². The van der Waals surface area contributed by atoms with Gasteiger partial charge in [0.2, 0.25) is 0 Å². The Balaban J connectivity index is 0.000000313. The summed E-state index contributed by atoms with van der Waals surface area (Å²) in [6.07, 6.45) is 5.31. The molecule has 3 rings (SSSR count). The van der Waals surface area contributed by atoms with Gasteiger partial charge in [-0.1, -0.05) is 6.07 Å². The SMILES string of the molecule is COc1ccnc(C)c1.COc1ccnc(CN(C)Cc2ccccn2)c1.[Cl][Os][Cl]. The van der Waals surface area contributed by atoms with Gasteiger partial charge >= 0.3 is 34.7 Å². The third-order valence-electron chi connectivity index (χ3n) is 3.72. The van der Waals surface area contributed by atoms with Crippen LogP contribution in [0.25, 0.3) is 0 Å². The third-order valence-corrected chi connectivity index (χ3v) is 3.72. The molecule has 9 heteroatoms. The monoisotopic (exact) mass is 628 g/mol. The zero-order chi connectivity index (χ0) is 22.2. The Kier molecular flexibility index (Phi) is 14.0. The average Bonchev–Trinajstić information content (AvgIpc) is 2.75. The maximum atomic E-state index is 5.18. The zero-order valence-corrected chi connectivity index (χ0v) is 21.5. The van der Waals surface area contributed by atoms with Crippen molar-refractivity contribution in [3.63, 3.8) is 0 Å². The molecule has 30 heavy (non-hydrogen) atoms. The van der Waals surface area contributed by atoms with E-state index in [1.807, 2.05) is 55.6 Å². The van der Waals surface area contributed by atoms with Gasteiger partial charge in [0.1, 0.15) is 11.5 Å². The zero-order valence-electron chi connectivity index (χ0n) is 17.4. The number of methoxy groups -OCH3 is 2. The number of hydrogen-bond donors (Lipinski definition) is 0. The van der Waals surface area contributed by atoms with Gasteiger partial charge in [-0.3, -0.25) is 19.9 Å². The first kappa shape index (κ1) is 26.3. The number of halogens is 2. The quantitative estimate of drug-likeness (QED) is 0.388. The molecule has 0 spiro atoms. The van der Waals surface area contributed by atoms with E-state index in [9.17, 15) is 0 Å². The van der Waals surface area contributed by atoms with Crippen molar-refractivity contribution in [1.82, 2.24) is 19.9 Å². The molecule has 0 amide bonds. The van der Waals surface area contributed by atoms with Crippen LogP contribution in [0.1, 0.15) is 17.1 Å². The number of aryl methyl sites for hydroxylation is 1. The van der Waals surface area contributed by atoms with Gasteiger partial charge in [0.25, 0.3) is 0 Å². The predicted molar refractivity (Wildman–Crippen MR) is 117 cm³/mol. The summed E-state index contributed by atoms with van der Waals surface area (Å²) >= 11 is -0.639. The van der Waals surface area contributed by atoms with Gasteiger partial charge in [-0.2, -0.15) is 0 Å². The Bertz CT molecular complexity index is 844. The van der Waals surface area contributed by atoms with Crippen LogP contribution >= 0.6 is 19.3 Å². The molecule has 0 aliphatic heterocycles. The van der Waals surface area contributed by atoms with Crippen LogP contribution in [0.2, 0.25) is 0 Å². The van der Waals surface area contributed by atoms with Crippen LogP contribution in [-0.2, 0) is 28.5 Å². The van der Waals surface area contributed by atoms with E-state index in [4.69, 9.17) is 28.7 Å². The molecule has 0 N–H and O–H groups in total. The maximum absolute atomic E-state index is 5.18. The van der Waals surface area contributed by atoms with Crippen molar-refractivity contribution in [3.05, 3.63) is 78.1 Å². The van der Waals surface area contributed by atoms with Crippen molar-refractivity contribution < 1.29 is 24.9 Å². The molecule has 3 aromatic heterocycles. The molecule has 164 valence electrons. The fourth-order valence-electron chi connectivity index (χ4n) is 2.42. The van der Waals surface area contributed by atoms with Gasteiger partial charge in [0, 0.05) is 49.5 Å². The van der Waals surface area contributed by atoms with E-state index in [1.54, 1.807) is 26.6 Å². The Morgan fingerprint density at radius 3 is 1.93 bits per heavy atom. The normalized spacial score (nSPS) is 9.83. The first-order chi connectivity index (χ1) is 14.5. The molecule has 0 radical (unpaired) electrons. The summed E-state index contributed by atoms with van der Waals surface area (Å²) in [6.45, 7) is 3.51. The van der Waals surface area contributed by atoms with Gasteiger partial charge in [-0.05, 0) is 38.2 Å². The Morgan fingerprint density at radius 1 is 0.833 bits per heavy atom. The minimum atomic E-state index is -0.639. The molecular weight excluding hydrogens is 601 g/mol. The number of aromatic nitrogens is 3. The van der Waals surface area contributed by atoms with E-state index in [0.29, 0.717) is 0 Å². The second-order valence-electron chi connectivity index (χ2n) is 6.07. The molecule has 3 aromatic rings. The van der Waals surface area contributed by atoms with Crippen LogP contribution < -0.4 is 9.47 Å². The van der Waals surface area contributed by atoms with E-state index < -0.39 is 15.4 Å². The molecule has 0 unspecified atom stereocenters. The van der Waals surface area contributed by atoms with Gasteiger partial charge < -0.3 is 9.47 Å². The van der Waals surface area contributed by atoms with Crippen LogP contribution in [0.5, 0.6) is 11.5 Å². The second-order valence-corrected chi connectivity index (χ2v) is 9.74. The Morgan fingerprint density at radius 2 is 1.40 bits per heavy atom. The van der Waals surface area contributed by atoms with E-state index in [1.165, 1.54) is 0 Å². The number of ether oxygens (including phenoxy) is 2. The van der Waals surface area contributed by atoms with Crippen LogP contribution in [0.15, 0.2) is 61.1 Å². The summed E-state index contributed by atoms with van der Waals surface area (Å²) < 4.78 is 10.1. The van der Waals surface area contributed by atoms with Gasteiger partial charge in [0.05, 0.1) is 25.6 Å². The second kappa shape index (κ2) is 16.0. The topological polar surface area (TPSA) is 60.4 Å². The summed E-state index contributed by atoms with van der Waals surface area (Å²) in [6, 6.07) is 13.5. The Labute approximate surface area is 194 Å². The standard InChI is InChI=1S/C14H17N3O.C7H9NO.2ClH.Os/c1-17(10-12-5-3-4-7-15-12)11-13-9-14(18-2)6-8-16-13;1-6-5-7(9-2)3-4-8-6;;;/h3-9H,10-11H2,1-2H3;3-5H,1-2H3;2*1H;/q;;;;+2/p-2. The van der Waals surface area contributed by atoms with Crippen molar-refractivity contribution in [2.75, 3.05) is 21.3 Å². The molecule has 0 bridgehead atoms. The molecule has 0 saturated carbocycles. The predicted octanol–water partition coefficient (Wildman–Crippen LogP) is 4.89. The average molecular weight is 628 g/mol. The van der Waals surface area contributed by atoms with Crippen molar-refractivity contribution >= 4 is 19.3 Å². The summed E-state index contributed by atoms with van der Waals surface area (Å²) in [7, 11) is 15.2. The first-order valence-corrected chi connectivity index (χ1v) is 15.2. The summed E-state index contributed by atoms with van der Waals surface area (Å²) in [5, 5.41) is 0. The summed E-state index contributed by atoms with van der Waals surface area (Å²) in [5.41, 5.74) is 3.03. The van der Waals surface area contributed by atoms with Crippen molar-refractivity contribution in [2.24, 2.45) is 0 Å². The molecule has 0 aromatic carbocycles. The molecule has 0 aliphatic carbocycles. The van der Waals surface area contributed by atoms with Gasteiger partial charge in [0.15, 0.2) is 0 Å². The van der Waals surface area contributed by atoms with E-state index in [2.05, 4.69) is 26.9 Å². The van der Waals surface area contributed by atoms with Crippen LogP contribution in [0.4, 0.5) is 0 Å². The molecule has 0 atom stereocenters. The molecule has 3 heterocycles. The molecule has 0 saturated heterocycles. The van der Waals surface area contributed by atoms with Gasteiger partial charge in [-0.15, -0.1) is 0 Å². The number of nitrogens with zero attached hydrogens (tertiary/aromatic N) is 4. The molecular formula is C21H26Cl2N4O2Os. The number of hydrogen-bond acceptors (Lipinski definition) is 6. The van der Waals surface area contributed by atoms with E-state index in [-0.39, 0.29) is 0 Å². The number of pyridine rings is 3. The van der Waals surface area contributed by atoms with Crippen LogP contribution in [0, 0.1) is 6.92 Å². The van der Waals surface area contributed by atoms with Gasteiger partial charge in [-0.25, -0.2) is 0 Å². The van der Waals surface area contributed by atoms with E-state index >= 15 is 0 Å². The van der Waals surface area contributed by atoms with Crippen molar-refractivity contribution in [1.29, 1.82) is 0 Å². The molecule has 0 fully saturated rings. The fourth-order valence-corrected chi connectivity index (χ4v) is 2.42. The van der Waals surface area contributed by atoms with Crippen LogP contribution in [0.3, 0.4) is 0 Å². The van der Waals surface area contributed by atoms with Crippen molar-refractivity contribution in [3.8, 4) is 11.5 Å².